The molecule has 28 heavy (non-hydrogen) atoms. The molecule has 0 saturated carbocycles. The lowest BCUT2D eigenvalue weighted by molar-refractivity contribution is -0.278. The zero-order chi connectivity index (χ0) is 20.9. The molecule has 0 bridgehead atoms. The number of hydrogen-bond donors (Lipinski definition) is 1. The lowest BCUT2D eigenvalue weighted by Crippen LogP contribution is -2.52. The van der Waals surface area contributed by atoms with Crippen LogP contribution in [0.4, 0.5) is 13.2 Å². The standard InChI is InChI=1S/C20H22F3NO4/c1-4-8-16(15-11-12-17(25)24-13(15)2)28-18(26)19(27-3,20(21,22)23)14-9-6-5-7-10-14/h5-7,9-12,16H,4,8H2,1-3H3,(H,24,25)/t16-,19-/m0/s1. The second kappa shape index (κ2) is 8.60. The van der Waals surface area contributed by atoms with E-state index < -0.39 is 23.9 Å². The van der Waals surface area contributed by atoms with E-state index in [2.05, 4.69) is 4.98 Å². The summed E-state index contributed by atoms with van der Waals surface area (Å²) in [4.78, 5) is 26.8. The first-order valence-corrected chi connectivity index (χ1v) is 8.75. The van der Waals surface area contributed by atoms with Crippen LogP contribution in [0.5, 0.6) is 0 Å². The molecule has 2 atom stereocenters. The SMILES string of the molecule is CCC[C@H](OC(=O)[C@@](OC)(c1ccccc1)C(F)(F)F)c1ccc(=O)[nH]c1C. The molecule has 0 radical (unpaired) electrons. The van der Waals surface area contributed by atoms with Gasteiger partial charge in [-0.3, -0.25) is 4.79 Å². The maximum atomic E-state index is 14.0. The van der Waals surface area contributed by atoms with E-state index in [0.717, 1.165) is 7.11 Å². The van der Waals surface area contributed by atoms with Gasteiger partial charge in [-0.2, -0.15) is 13.2 Å². The Hall–Kier alpha value is -2.61. The molecule has 0 saturated heterocycles. The molecule has 5 nitrogen and oxygen atoms in total. The summed E-state index contributed by atoms with van der Waals surface area (Å²) in [5.74, 6) is -1.56. The van der Waals surface area contributed by atoms with Crippen LogP contribution < -0.4 is 5.56 Å². The van der Waals surface area contributed by atoms with Gasteiger partial charge in [0.1, 0.15) is 6.10 Å². The van der Waals surface area contributed by atoms with Crippen LogP contribution in [0.2, 0.25) is 0 Å². The first-order valence-electron chi connectivity index (χ1n) is 8.75. The van der Waals surface area contributed by atoms with E-state index in [0.29, 0.717) is 17.7 Å². The highest BCUT2D eigenvalue weighted by molar-refractivity contribution is 5.83. The number of alkyl halides is 3. The summed E-state index contributed by atoms with van der Waals surface area (Å²) in [6.07, 6.45) is -5.18. The highest BCUT2D eigenvalue weighted by Crippen LogP contribution is 2.44. The van der Waals surface area contributed by atoms with Crippen LogP contribution in [0.1, 0.15) is 42.7 Å². The minimum Gasteiger partial charge on any atom is -0.455 e. The Morgan fingerprint density at radius 3 is 2.29 bits per heavy atom. The molecule has 0 spiro atoms. The van der Waals surface area contributed by atoms with E-state index in [-0.39, 0.29) is 17.5 Å². The number of benzene rings is 1. The Morgan fingerprint density at radius 2 is 1.79 bits per heavy atom. The van der Waals surface area contributed by atoms with Crippen molar-refractivity contribution in [1.29, 1.82) is 0 Å². The first-order chi connectivity index (χ1) is 13.2. The lowest BCUT2D eigenvalue weighted by atomic mass is 9.92. The quantitative estimate of drug-likeness (QED) is 0.712. The van der Waals surface area contributed by atoms with Crippen molar-refractivity contribution in [2.75, 3.05) is 7.11 Å². The monoisotopic (exact) mass is 397 g/mol. The predicted molar refractivity (Wildman–Crippen MR) is 96.7 cm³/mol. The number of aromatic nitrogens is 1. The van der Waals surface area contributed by atoms with Gasteiger partial charge in [-0.15, -0.1) is 0 Å². The average Bonchev–Trinajstić information content (AvgIpc) is 2.62. The van der Waals surface area contributed by atoms with E-state index in [4.69, 9.17) is 9.47 Å². The number of carbonyl (C=O) groups is 1. The molecule has 0 unspecified atom stereocenters. The maximum absolute atomic E-state index is 14.0. The van der Waals surface area contributed by atoms with Crippen molar-refractivity contribution in [2.24, 2.45) is 0 Å². The Kier molecular flexibility index (Phi) is 6.66. The zero-order valence-electron chi connectivity index (χ0n) is 15.8. The topological polar surface area (TPSA) is 68.4 Å². The van der Waals surface area contributed by atoms with Crippen molar-refractivity contribution in [2.45, 2.75) is 44.6 Å². The Labute approximate surface area is 160 Å². The van der Waals surface area contributed by atoms with Crippen molar-refractivity contribution in [1.82, 2.24) is 4.98 Å². The van der Waals surface area contributed by atoms with Crippen molar-refractivity contribution < 1.29 is 27.4 Å². The van der Waals surface area contributed by atoms with E-state index >= 15 is 0 Å². The summed E-state index contributed by atoms with van der Waals surface area (Å²) in [7, 11) is 0.821. The van der Waals surface area contributed by atoms with Gasteiger partial charge >= 0.3 is 12.1 Å². The molecule has 0 aliphatic carbocycles. The van der Waals surface area contributed by atoms with Gasteiger partial charge in [-0.1, -0.05) is 43.7 Å². The van der Waals surface area contributed by atoms with Crippen LogP contribution in [-0.4, -0.2) is 24.2 Å². The van der Waals surface area contributed by atoms with Gasteiger partial charge in [0, 0.05) is 30.0 Å². The Bertz CT molecular complexity index is 864. The number of halogens is 3. The number of esters is 1. The van der Waals surface area contributed by atoms with Crippen molar-refractivity contribution in [3.05, 3.63) is 69.6 Å². The summed E-state index contributed by atoms with van der Waals surface area (Å²) < 4.78 is 52.1. The Morgan fingerprint density at radius 1 is 1.14 bits per heavy atom. The molecule has 1 N–H and O–H groups in total. The van der Waals surface area contributed by atoms with Crippen LogP contribution >= 0.6 is 0 Å². The number of H-pyrrole nitrogens is 1. The molecule has 2 rings (SSSR count). The first kappa shape index (κ1) is 21.7. The van der Waals surface area contributed by atoms with Crippen molar-refractivity contribution in [3.8, 4) is 0 Å². The van der Waals surface area contributed by atoms with Crippen LogP contribution in [0, 0.1) is 6.92 Å². The highest BCUT2D eigenvalue weighted by Gasteiger charge is 2.64. The number of rotatable bonds is 7. The van der Waals surface area contributed by atoms with E-state index in [1.165, 1.54) is 42.5 Å². The number of aryl methyl sites for hydroxylation is 1. The number of pyridine rings is 1. The van der Waals surface area contributed by atoms with Gasteiger partial charge in [0.05, 0.1) is 0 Å². The molecule has 152 valence electrons. The van der Waals surface area contributed by atoms with Gasteiger partial charge in [0.15, 0.2) is 0 Å². The fourth-order valence-corrected chi connectivity index (χ4v) is 3.08. The third-order valence-electron chi connectivity index (χ3n) is 4.48. The van der Waals surface area contributed by atoms with Crippen molar-refractivity contribution in [3.63, 3.8) is 0 Å². The molecule has 0 amide bonds. The maximum Gasteiger partial charge on any atom is 0.432 e. The van der Waals surface area contributed by atoms with Gasteiger partial charge in [0.25, 0.3) is 5.60 Å². The predicted octanol–water partition coefficient (Wildman–Crippen LogP) is 4.17. The second-order valence-corrected chi connectivity index (χ2v) is 6.33. The molecule has 2 aromatic rings. The van der Waals surface area contributed by atoms with Crippen LogP contribution in [-0.2, 0) is 19.9 Å². The fourth-order valence-electron chi connectivity index (χ4n) is 3.08. The number of ether oxygens (including phenoxy) is 2. The molecule has 8 heteroatoms. The van der Waals surface area contributed by atoms with Gasteiger partial charge < -0.3 is 14.5 Å². The van der Waals surface area contributed by atoms with E-state index in [1.54, 1.807) is 6.92 Å². The van der Waals surface area contributed by atoms with Crippen LogP contribution in [0.3, 0.4) is 0 Å². The molecule has 0 fully saturated rings. The number of carbonyl (C=O) groups excluding carboxylic acids is 1. The Balaban J connectivity index is 2.50. The summed E-state index contributed by atoms with van der Waals surface area (Å²) in [6, 6.07) is 9.33. The molecule has 0 aliphatic rings. The van der Waals surface area contributed by atoms with Gasteiger partial charge in [0.2, 0.25) is 5.56 Å². The minimum atomic E-state index is -5.04. The van der Waals surface area contributed by atoms with Gasteiger partial charge in [-0.05, 0) is 19.4 Å². The van der Waals surface area contributed by atoms with Crippen LogP contribution in [0.15, 0.2) is 47.3 Å². The summed E-state index contributed by atoms with van der Waals surface area (Å²) >= 11 is 0. The molecular weight excluding hydrogens is 375 g/mol. The molecular formula is C20H22F3NO4. The summed E-state index contributed by atoms with van der Waals surface area (Å²) in [5, 5.41) is 0. The number of aromatic amines is 1. The molecule has 0 aliphatic heterocycles. The average molecular weight is 397 g/mol. The third kappa shape index (κ3) is 4.11. The minimum absolute atomic E-state index is 0.283. The smallest absolute Gasteiger partial charge is 0.432 e. The second-order valence-electron chi connectivity index (χ2n) is 6.33. The molecule has 1 aromatic heterocycles. The summed E-state index contributed by atoms with van der Waals surface area (Å²) in [6.45, 7) is 3.41. The fraction of sp³-hybridized carbons (Fsp3) is 0.400. The normalized spacial score (nSPS) is 14.9. The number of hydrogen-bond acceptors (Lipinski definition) is 4. The largest absolute Gasteiger partial charge is 0.455 e. The number of methoxy groups -OCH3 is 1. The van der Waals surface area contributed by atoms with Gasteiger partial charge in [-0.25, -0.2) is 4.79 Å². The number of nitrogens with one attached hydrogen (secondary N) is 1. The highest BCUT2D eigenvalue weighted by atomic mass is 19.4. The lowest BCUT2D eigenvalue weighted by Gasteiger charge is -2.34. The van der Waals surface area contributed by atoms with Crippen molar-refractivity contribution >= 4 is 5.97 Å². The zero-order valence-corrected chi connectivity index (χ0v) is 15.8. The molecule has 1 heterocycles. The molecule has 1 aromatic carbocycles. The van der Waals surface area contributed by atoms with E-state index in [1.807, 2.05) is 6.92 Å². The summed E-state index contributed by atoms with van der Waals surface area (Å²) in [5.41, 5.74) is -3.11. The third-order valence-corrected chi connectivity index (χ3v) is 4.48. The van der Waals surface area contributed by atoms with Crippen LogP contribution in [0.25, 0.3) is 0 Å². The van der Waals surface area contributed by atoms with E-state index in [9.17, 15) is 22.8 Å².